The summed E-state index contributed by atoms with van der Waals surface area (Å²) >= 11 is 1.68. The highest BCUT2D eigenvalue weighted by Crippen LogP contribution is 2.17. The fourth-order valence-electron chi connectivity index (χ4n) is 1.56. The van der Waals surface area contributed by atoms with E-state index in [2.05, 4.69) is 6.07 Å². The van der Waals surface area contributed by atoms with E-state index in [1.807, 2.05) is 11.4 Å². The van der Waals surface area contributed by atoms with E-state index in [9.17, 15) is 9.59 Å². The van der Waals surface area contributed by atoms with E-state index in [1.54, 1.807) is 11.3 Å². The number of ether oxygens (including phenoxy) is 2. The normalized spacial score (nSPS) is 11.9. The van der Waals surface area contributed by atoms with E-state index in [1.165, 1.54) is 18.7 Å². The molecule has 0 fully saturated rings. The second kappa shape index (κ2) is 7.87. The Morgan fingerprint density at radius 1 is 1.28 bits per heavy atom. The Morgan fingerprint density at radius 2 is 2.00 bits per heavy atom. The van der Waals surface area contributed by atoms with E-state index in [0.29, 0.717) is 19.6 Å². The molecule has 0 aromatic carbocycles. The topological polar surface area (TPSA) is 52.6 Å². The number of carbonyl (C=O) groups excluding carboxylic acids is 2. The molecule has 0 spiro atoms. The van der Waals surface area contributed by atoms with Gasteiger partial charge in [0.25, 0.3) is 0 Å². The average molecular weight is 270 g/mol. The summed E-state index contributed by atoms with van der Waals surface area (Å²) in [6.07, 6.45) is 1.54. The molecular formula is C13H18O4S. The average Bonchev–Trinajstić information content (AvgIpc) is 2.77. The highest BCUT2D eigenvalue weighted by molar-refractivity contribution is 7.09. The minimum atomic E-state index is -0.280. The molecule has 0 saturated carbocycles. The molecule has 18 heavy (non-hydrogen) atoms. The van der Waals surface area contributed by atoms with Crippen LogP contribution in [0.1, 0.15) is 25.1 Å². The van der Waals surface area contributed by atoms with Crippen molar-refractivity contribution >= 4 is 23.3 Å². The number of esters is 2. The van der Waals surface area contributed by atoms with Gasteiger partial charge in [0.15, 0.2) is 0 Å². The lowest BCUT2D eigenvalue weighted by Crippen LogP contribution is -2.17. The molecule has 1 atom stereocenters. The number of carbonyl (C=O) groups is 2. The van der Waals surface area contributed by atoms with Gasteiger partial charge in [-0.15, -0.1) is 11.3 Å². The summed E-state index contributed by atoms with van der Waals surface area (Å²) in [6, 6.07) is 4.05. The molecular weight excluding hydrogens is 252 g/mol. The van der Waals surface area contributed by atoms with E-state index in [4.69, 9.17) is 9.47 Å². The summed E-state index contributed by atoms with van der Waals surface area (Å²) in [7, 11) is 0. The maximum absolute atomic E-state index is 10.8. The molecule has 0 aliphatic rings. The van der Waals surface area contributed by atoms with Crippen LogP contribution in [0.5, 0.6) is 0 Å². The van der Waals surface area contributed by atoms with Crippen molar-refractivity contribution in [2.24, 2.45) is 5.92 Å². The molecule has 0 aliphatic carbocycles. The van der Waals surface area contributed by atoms with Crippen LogP contribution in [0, 0.1) is 5.92 Å². The largest absolute Gasteiger partial charge is 0.466 e. The monoisotopic (exact) mass is 270 g/mol. The summed E-state index contributed by atoms with van der Waals surface area (Å²) in [5.74, 6) is -0.372. The molecule has 0 amide bonds. The molecule has 100 valence electrons. The van der Waals surface area contributed by atoms with Crippen LogP contribution < -0.4 is 0 Å². The van der Waals surface area contributed by atoms with Crippen molar-refractivity contribution in [3.63, 3.8) is 0 Å². The van der Waals surface area contributed by atoms with Crippen molar-refractivity contribution in [1.82, 2.24) is 0 Å². The molecule has 5 heteroatoms. The lowest BCUT2D eigenvalue weighted by atomic mass is 10.0. The van der Waals surface area contributed by atoms with Crippen molar-refractivity contribution in [3.8, 4) is 0 Å². The molecule has 4 nitrogen and oxygen atoms in total. The maximum Gasteiger partial charge on any atom is 0.302 e. The van der Waals surface area contributed by atoms with Crippen LogP contribution in [0.15, 0.2) is 17.5 Å². The Balaban J connectivity index is 2.40. The quantitative estimate of drug-likeness (QED) is 0.714. The zero-order chi connectivity index (χ0) is 13.4. The molecule has 0 N–H and O–H groups in total. The lowest BCUT2D eigenvalue weighted by molar-refractivity contribution is -0.145. The molecule has 1 rings (SSSR count). The van der Waals surface area contributed by atoms with Gasteiger partial charge in [0.2, 0.25) is 0 Å². The van der Waals surface area contributed by atoms with Crippen LogP contribution in [0.25, 0.3) is 0 Å². The van der Waals surface area contributed by atoms with Crippen molar-refractivity contribution in [3.05, 3.63) is 22.4 Å². The number of rotatable bonds is 7. The lowest BCUT2D eigenvalue weighted by Gasteiger charge is -2.15. The van der Waals surface area contributed by atoms with Crippen LogP contribution in [0.4, 0.5) is 0 Å². The first kappa shape index (κ1) is 14.7. The van der Waals surface area contributed by atoms with Crippen LogP contribution in [-0.2, 0) is 25.5 Å². The fourth-order valence-corrected chi connectivity index (χ4v) is 2.38. The van der Waals surface area contributed by atoms with Crippen molar-refractivity contribution in [2.45, 2.75) is 26.7 Å². The third kappa shape index (κ3) is 6.39. The predicted molar refractivity (Wildman–Crippen MR) is 69.4 cm³/mol. The fraction of sp³-hybridized carbons (Fsp3) is 0.538. The third-order valence-electron chi connectivity index (χ3n) is 2.42. The van der Waals surface area contributed by atoms with E-state index in [-0.39, 0.29) is 17.9 Å². The predicted octanol–water partition coefficient (Wildman–Crippen LogP) is 2.42. The first-order valence-electron chi connectivity index (χ1n) is 5.87. The Morgan fingerprint density at radius 3 is 2.56 bits per heavy atom. The maximum atomic E-state index is 10.8. The Hall–Kier alpha value is -1.36. The highest BCUT2D eigenvalue weighted by atomic mass is 32.1. The van der Waals surface area contributed by atoms with Crippen LogP contribution >= 0.6 is 11.3 Å². The number of hydrogen-bond acceptors (Lipinski definition) is 5. The minimum Gasteiger partial charge on any atom is -0.466 e. The smallest absolute Gasteiger partial charge is 0.302 e. The first-order valence-corrected chi connectivity index (χ1v) is 6.75. The summed E-state index contributed by atoms with van der Waals surface area (Å²) in [5.41, 5.74) is 0. The second-order valence-corrected chi connectivity index (χ2v) is 5.11. The first-order chi connectivity index (χ1) is 8.58. The summed E-state index contributed by atoms with van der Waals surface area (Å²) in [5, 5.41) is 2.02. The van der Waals surface area contributed by atoms with Gasteiger partial charge < -0.3 is 9.47 Å². The Labute approximate surface area is 111 Å². The van der Waals surface area contributed by atoms with Gasteiger partial charge in [-0.05, 0) is 24.3 Å². The zero-order valence-corrected chi connectivity index (χ0v) is 11.5. The Bertz CT molecular complexity index is 372. The van der Waals surface area contributed by atoms with Gasteiger partial charge in [-0.3, -0.25) is 9.59 Å². The molecule has 0 aliphatic heterocycles. The van der Waals surface area contributed by atoms with Gasteiger partial charge >= 0.3 is 11.9 Å². The van der Waals surface area contributed by atoms with Crippen molar-refractivity contribution < 1.29 is 19.1 Å². The Kier molecular flexibility index (Phi) is 6.43. The summed E-state index contributed by atoms with van der Waals surface area (Å²) in [6.45, 7) is 3.52. The van der Waals surface area contributed by atoms with Gasteiger partial charge in [-0.1, -0.05) is 6.07 Å². The molecule has 1 aromatic rings. The molecule has 1 unspecified atom stereocenters. The molecule has 0 bridgehead atoms. The number of thiophene rings is 1. The molecule has 1 heterocycles. The van der Waals surface area contributed by atoms with Gasteiger partial charge in [-0.2, -0.15) is 0 Å². The van der Waals surface area contributed by atoms with Crippen LogP contribution in [0.3, 0.4) is 0 Å². The summed E-state index contributed by atoms with van der Waals surface area (Å²) < 4.78 is 9.96. The minimum absolute atomic E-state index is 0.187. The van der Waals surface area contributed by atoms with E-state index in [0.717, 1.165) is 6.42 Å². The van der Waals surface area contributed by atoms with E-state index >= 15 is 0 Å². The van der Waals surface area contributed by atoms with E-state index < -0.39 is 0 Å². The molecule has 0 radical (unpaired) electrons. The van der Waals surface area contributed by atoms with Gasteiger partial charge in [0.05, 0.1) is 13.2 Å². The zero-order valence-electron chi connectivity index (χ0n) is 10.7. The number of hydrogen-bond donors (Lipinski definition) is 0. The van der Waals surface area contributed by atoms with Gasteiger partial charge in [-0.25, -0.2) is 0 Å². The molecule has 0 saturated heterocycles. The standard InChI is InChI=1S/C13H18O4S/c1-10(14)16-6-5-12(9-17-11(2)15)8-13-4-3-7-18-13/h3-4,7,12H,5-6,8-9H2,1-2H3. The van der Waals surface area contributed by atoms with Crippen molar-refractivity contribution in [2.75, 3.05) is 13.2 Å². The van der Waals surface area contributed by atoms with Crippen LogP contribution in [-0.4, -0.2) is 25.2 Å². The van der Waals surface area contributed by atoms with Crippen LogP contribution in [0.2, 0.25) is 0 Å². The third-order valence-corrected chi connectivity index (χ3v) is 3.32. The SMILES string of the molecule is CC(=O)OCCC(COC(C)=O)Cc1cccs1. The second-order valence-electron chi connectivity index (χ2n) is 4.08. The van der Waals surface area contributed by atoms with Crippen molar-refractivity contribution in [1.29, 1.82) is 0 Å². The summed E-state index contributed by atoms with van der Waals surface area (Å²) in [4.78, 5) is 22.8. The highest BCUT2D eigenvalue weighted by Gasteiger charge is 2.13. The van der Waals surface area contributed by atoms with Gasteiger partial charge in [0.1, 0.15) is 0 Å². The van der Waals surface area contributed by atoms with Gasteiger partial charge in [0, 0.05) is 24.6 Å². The molecule has 1 aromatic heterocycles.